The second-order valence-corrected chi connectivity index (χ2v) is 6.11. The molecule has 0 amide bonds. The molecule has 1 aliphatic heterocycles. The van der Waals surface area contributed by atoms with Crippen LogP contribution in [-0.2, 0) is 5.41 Å². The molecule has 2 unspecified atom stereocenters. The lowest BCUT2D eigenvalue weighted by Crippen LogP contribution is -2.19. The summed E-state index contributed by atoms with van der Waals surface area (Å²) >= 11 is 0. The Morgan fingerprint density at radius 1 is 1.42 bits per heavy atom. The fourth-order valence-corrected chi connectivity index (χ4v) is 3.64. The van der Waals surface area contributed by atoms with Crippen molar-refractivity contribution in [3.05, 3.63) is 29.3 Å². The predicted octanol–water partition coefficient (Wildman–Crippen LogP) is 2.54. The fourth-order valence-electron chi connectivity index (χ4n) is 3.64. The van der Waals surface area contributed by atoms with Crippen molar-refractivity contribution < 1.29 is 9.53 Å². The molecule has 2 fully saturated rings. The summed E-state index contributed by atoms with van der Waals surface area (Å²) < 4.78 is 5.42. The van der Waals surface area contributed by atoms with Crippen molar-refractivity contribution >= 4 is 5.78 Å². The van der Waals surface area contributed by atoms with Crippen molar-refractivity contribution in [1.29, 1.82) is 0 Å². The second-order valence-electron chi connectivity index (χ2n) is 6.11. The monoisotopic (exact) mass is 259 g/mol. The van der Waals surface area contributed by atoms with Gasteiger partial charge in [-0.3, -0.25) is 4.79 Å². The van der Waals surface area contributed by atoms with Gasteiger partial charge in [-0.2, -0.15) is 0 Å². The van der Waals surface area contributed by atoms with Gasteiger partial charge in [-0.15, -0.1) is 0 Å². The Labute approximate surface area is 114 Å². The third-order valence-corrected chi connectivity index (χ3v) is 5.04. The lowest BCUT2D eigenvalue weighted by atomic mass is 9.88. The van der Waals surface area contributed by atoms with Gasteiger partial charge in [0.05, 0.1) is 12.7 Å². The smallest absolute Gasteiger partial charge is 0.166 e. The van der Waals surface area contributed by atoms with Crippen molar-refractivity contribution in [3.63, 3.8) is 0 Å². The van der Waals surface area contributed by atoms with Gasteiger partial charge in [-0.25, -0.2) is 0 Å². The Morgan fingerprint density at radius 3 is 2.74 bits per heavy atom. The number of hydrogen-bond donors (Lipinski definition) is 1. The van der Waals surface area contributed by atoms with E-state index in [0.717, 1.165) is 18.8 Å². The van der Waals surface area contributed by atoms with Crippen LogP contribution in [0.1, 0.15) is 42.6 Å². The molecule has 1 saturated heterocycles. The molecule has 1 saturated carbocycles. The van der Waals surface area contributed by atoms with Crippen molar-refractivity contribution in [2.75, 3.05) is 20.2 Å². The zero-order valence-corrected chi connectivity index (χ0v) is 11.9. The zero-order chi connectivity index (χ0) is 13.7. The molecule has 1 aliphatic carbocycles. The first-order chi connectivity index (χ1) is 9.06. The molecule has 19 heavy (non-hydrogen) atoms. The molecule has 0 spiro atoms. The van der Waals surface area contributed by atoms with Gasteiger partial charge >= 0.3 is 0 Å². The van der Waals surface area contributed by atoms with E-state index in [1.807, 2.05) is 13.0 Å². The molecular formula is C16H21NO2. The Kier molecular flexibility index (Phi) is 2.72. The first kappa shape index (κ1) is 12.7. The van der Waals surface area contributed by atoms with Crippen molar-refractivity contribution in [2.45, 2.75) is 32.1 Å². The molecule has 2 aliphatic rings. The van der Waals surface area contributed by atoms with Crippen molar-refractivity contribution in [2.24, 2.45) is 5.41 Å². The minimum Gasteiger partial charge on any atom is -0.496 e. The first-order valence-corrected chi connectivity index (χ1v) is 6.99. The predicted molar refractivity (Wildman–Crippen MR) is 74.9 cm³/mol. The highest BCUT2D eigenvalue weighted by atomic mass is 16.5. The SMILES string of the molecule is CCC(=O)c1ccc(C23CNCC2(C)C3)cc1OC. The number of rotatable bonds is 4. The van der Waals surface area contributed by atoms with E-state index in [1.165, 1.54) is 12.0 Å². The van der Waals surface area contributed by atoms with Gasteiger partial charge in [0.2, 0.25) is 0 Å². The van der Waals surface area contributed by atoms with Crippen LogP contribution in [0.4, 0.5) is 0 Å². The maximum Gasteiger partial charge on any atom is 0.166 e. The number of fused-ring (bicyclic) bond motifs is 1. The van der Waals surface area contributed by atoms with Gasteiger partial charge in [-0.1, -0.05) is 19.9 Å². The molecule has 2 atom stereocenters. The van der Waals surface area contributed by atoms with E-state index in [1.54, 1.807) is 7.11 Å². The van der Waals surface area contributed by atoms with Crippen LogP contribution in [0.5, 0.6) is 5.75 Å². The lowest BCUT2D eigenvalue weighted by Gasteiger charge is -2.17. The van der Waals surface area contributed by atoms with E-state index in [0.29, 0.717) is 17.4 Å². The molecule has 0 radical (unpaired) electrons. The molecule has 0 aromatic heterocycles. The van der Waals surface area contributed by atoms with Gasteiger partial charge in [0.1, 0.15) is 5.75 Å². The average molecular weight is 259 g/mol. The Morgan fingerprint density at radius 2 is 2.21 bits per heavy atom. The number of methoxy groups -OCH3 is 1. The van der Waals surface area contributed by atoms with Crippen LogP contribution in [0.25, 0.3) is 0 Å². The van der Waals surface area contributed by atoms with Crippen LogP contribution in [0, 0.1) is 5.41 Å². The molecule has 3 rings (SSSR count). The van der Waals surface area contributed by atoms with Gasteiger partial charge in [-0.05, 0) is 29.5 Å². The maximum absolute atomic E-state index is 11.9. The molecular weight excluding hydrogens is 238 g/mol. The van der Waals surface area contributed by atoms with Crippen LogP contribution in [0.15, 0.2) is 18.2 Å². The number of hydrogen-bond acceptors (Lipinski definition) is 3. The molecule has 3 heteroatoms. The van der Waals surface area contributed by atoms with Crippen molar-refractivity contribution in [3.8, 4) is 5.75 Å². The molecule has 1 N–H and O–H groups in total. The number of carbonyl (C=O) groups is 1. The number of piperidine rings is 1. The van der Waals surface area contributed by atoms with Crippen LogP contribution in [0.3, 0.4) is 0 Å². The van der Waals surface area contributed by atoms with Crippen LogP contribution in [0.2, 0.25) is 0 Å². The number of ether oxygens (including phenoxy) is 1. The number of nitrogens with one attached hydrogen (secondary N) is 1. The highest BCUT2D eigenvalue weighted by Crippen LogP contribution is 2.66. The quantitative estimate of drug-likeness (QED) is 0.844. The summed E-state index contributed by atoms with van der Waals surface area (Å²) in [5.41, 5.74) is 2.66. The summed E-state index contributed by atoms with van der Waals surface area (Å²) in [7, 11) is 1.64. The maximum atomic E-state index is 11.9. The fraction of sp³-hybridized carbons (Fsp3) is 0.562. The minimum atomic E-state index is 0.143. The first-order valence-electron chi connectivity index (χ1n) is 6.99. The van der Waals surface area contributed by atoms with Crippen LogP contribution >= 0.6 is 0 Å². The number of ketones is 1. The largest absolute Gasteiger partial charge is 0.496 e. The summed E-state index contributed by atoms with van der Waals surface area (Å²) in [6, 6.07) is 6.12. The normalized spacial score (nSPS) is 31.9. The summed E-state index contributed by atoms with van der Waals surface area (Å²) in [4.78, 5) is 11.9. The van der Waals surface area contributed by atoms with Gasteiger partial charge in [0.25, 0.3) is 0 Å². The Hall–Kier alpha value is -1.35. The summed E-state index contributed by atoms with van der Waals surface area (Å²) in [5, 5.41) is 3.48. The average Bonchev–Trinajstić information content (AvgIpc) is 2.90. The Bertz CT molecular complexity index is 536. The number of carbonyl (C=O) groups excluding carboxylic acids is 1. The van der Waals surface area contributed by atoms with Gasteiger partial charge in [0.15, 0.2) is 5.78 Å². The summed E-state index contributed by atoms with van der Waals surface area (Å²) in [5.74, 6) is 0.865. The zero-order valence-electron chi connectivity index (χ0n) is 11.9. The lowest BCUT2D eigenvalue weighted by molar-refractivity contribution is 0.0985. The second kappa shape index (κ2) is 4.07. The van der Waals surface area contributed by atoms with E-state index in [9.17, 15) is 4.79 Å². The topological polar surface area (TPSA) is 38.3 Å². The highest BCUT2D eigenvalue weighted by molar-refractivity contribution is 5.98. The third kappa shape index (κ3) is 1.64. The number of benzene rings is 1. The van der Waals surface area contributed by atoms with E-state index in [4.69, 9.17) is 4.74 Å². The molecule has 1 heterocycles. The summed E-state index contributed by atoms with van der Waals surface area (Å²) in [6.45, 7) is 6.34. The molecule has 1 aromatic rings. The molecule has 102 valence electrons. The minimum absolute atomic E-state index is 0.143. The summed E-state index contributed by atoms with van der Waals surface area (Å²) in [6.07, 6.45) is 1.75. The van der Waals surface area contributed by atoms with Gasteiger partial charge < -0.3 is 10.1 Å². The molecule has 0 bridgehead atoms. The van der Waals surface area contributed by atoms with E-state index in [2.05, 4.69) is 24.4 Å². The van der Waals surface area contributed by atoms with Gasteiger partial charge in [0, 0.05) is 24.9 Å². The van der Waals surface area contributed by atoms with E-state index >= 15 is 0 Å². The molecule has 3 nitrogen and oxygen atoms in total. The van der Waals surface area contributed by atoms with E-state index < -0.39 is 0 Å². The van der Waals surface area contributed by atoms with Crippen LogP contribution < -0.4 is 10.1 Å². The standard InChI is InChI=1S/C16H21NO2/c1-4-13(18)12-6-5-11(7-14(12)19-3)16-8-15(16,2)9-17-10-16/h5-7,17H,4,8-10H2,1-3H3. The van der Waals surface area contributed by atoms with E-state index in [-0.39, 0.29) is 11.2 Å². The third-order valence-electron chi connectivity index (χ3n) is 5.04. The Balaban J connectivity index is 2.00. The molecule has 1 aromatic carbocycles. The number of Topliss-reactive ketones (excluding diaryl/α,β-unsaturated/α-hetero) is 1. The van der Waals surface area contributed by atoms with Crippen LogP contribution in [-0.4, -0.2) is 26.0 Å². The highest BCUT2D eigenvalue weighted by Gasteiger charge is 2.67. The van der Waals surface area contributed by atoms with Crippen molar-refractivity contribution in [1.82, 2.24) is 5.32 Å².